The van der Waals surface area contributed by atoms with E-state index in [9.17, 15) is 4.79 Å². The SMILES string of the molecule is COc1ncccc1N[C]=O. The molecule has 0 aliphatic carbocycles. The zero-order valence-electron chi connectivity index (χ0n) is 6.00. The number of pyridine rings is 1. The van der Waals surface area contributed by atoms with Crippen LogP contribution in [-0.4, -0.2) is 18.5 Å². The van der Waals surface area contributed by atoms with Crippen molar-refractivity contribution in [3.8, 4) is 5.88 Å². The molecule has 1 amide bonds. The van der Waals surface area contributed by atoms with Crippen molar-refractivity contribution < 1.29 is 9.53 Å². The maximum atomic E-state index is 9.92. The van der Waals surface area contributed by atoms with Crippen LogP contribution in [0.5, 0.6) is 5.88 Å². The van der Waals surface area contributed by atoms with Gasteiger partial charge in [0.05, 0.1) is 7.11 Å². The van der Waals surface area contributed by atoms with Gasteiger partial charge in [-0.1, -0.05) is 0 Å². The van der Waals surface area contributed by atoms with Crippen LogP contribution in [0.2, 0.25) is 0 Å². The number of methoxy groups -OCH3 is 1. The van der Waals surface area contributed by atoms with Crippen LogP contribution < -0.4 is 10.1 Å². The molecule has 0 aliphatic rings. The third-order valence-corrected chi connectivity index (χ3v) is 1.15. The van der Waals surface area contributed by atoms with Gasteiger partial charge >= 0.3 is 6.41 Å². The molecule has 1 N–H and O–H groups in total. The highest BCUT2D eigenvalue weighted by molar-refractivity contribution is 5.74. The Labute approximate surface area is 64.2 Å². The van der Waals surface area contributed by atoms with Gasteiger partial charge in [0.2, 0.25) is 5.88 Å². The van der Waals surface area contributed by atoms with E-state index in [1.165, 1.54) is 13.5 Å². The molecule has 4 nitrogen and oxygen atoms in total. The Morgan fingerprint density at radius 2 is 2.55 bits per heavy atom. The second-order valence-corrected chi connectivity index (χ2v) is 1.79. The lowest BCUT2D eigenvalue weighted by atomic mass is 10.4. The van der Waals surface area contributed by atoms with Gasteiger partial charge < -0.3 is 10.1 Å². The molecule has 0 aliphatic heterocycles. The van der Waals surface area contributed by atoms with Gasteiger partial charge in [-0.15, -0.1) is 0 Å². The monoisotopic (exact) mass is 151 g/mol. The summed E-state index contributed by atoms with van der Waals surface area (Å²) < 4.78 is 4.85. The first kappa shape index (κ1) is 7.53. The fourth-order valence-electron chi connectivity index (χ4n) is 0.704. The Bertz CT molecular complexity index is 250. The molecule has 0 saturated carbocycles. The Balaban J connectivity index is 2.92. The molecule has 0 atom stereocenters. The molecule has 11 heavy (non-hydrogen) atoms. The first-order valence-electron chi connectivity index (χ1n) is 3.00. The summed E-state index contributed by atoms with van der Waals surface area (Å²) in [6, 6.07) is 3.37. The molecule has 0 unspecified atom stereocenters. The molecular weight excluding hydrogens is 144 g/mol. The summed E-state index contributed by atoms with van der Waals surface area (Å²) in [7, 11) is 1.48. The van der Waals surface area contributed by atoms with Crippen LogP contribution in [0.4, 0.5) is 5.69 Å². The third-order valence-electron chi connectivity index (χ3n) is 1.15. The van der Waals surface area contributed by atoms with Crippen LogP contribution in [0.3, 0.4) is 0 Å². The van der Waals surface area contributed by atoms with Crippen LogP contribution in [0.1, 0.15) is 0 Å². The number of anilines is 1. The summed E-state index contributed by atoms with van der Waals surface area (Å²) in [4.78, 5) is 13.8. The van der Waals surface area contributed by atoms with E-state index in [0.717, 1.165) is 0 Å². The minimum Gasteiger partial charge on any atom is -0.480 e. The van der Waals surface area contributed by atoms with E-state index in [1.54, 1.807) is 18.3 Å². The van der Waals surface area contributed by atoms with E-state index < -0.39 is 0 Å². The maximum absolute atomic E-state index is 9.92. The molecule has 0 bridgehead atoms. The summed E-state index contributed by atoms with van der Waals surface area (Å²) >= 11 is 0. The number of hydrogen-bond acceptors (Lipinski definition) is 3. The van der Waals surface area contributed by atoms with Crippen LogP contribution >= 0.6 is 0 Å². The molecule has 1 radical (unpaired) electrons. The highest BCUT2D eigenvalue weighted by Gasteiger charge is 1.99. The second kappa shape index (κ2) is 3.55. The number of hydrogen-bond donors (Lipinski definition) is 1. The summed E-state index contributed by atoms with van der Waals surface area (Å²) in [5, 5.41) is 2.33. The van der Waals surface area contributed by atoms with Crippen molar-refractivity contribution in [3.05, 3.63) is 18.3 Å². The van der Waals surface area contributed by atoms with Gasteiger partial charge in [-0.2, -0.15) is 0 Å². The lowest BCUT2D eigenvalue weighted by Gasteiger charge is -2.02. The summed E-state index contributed by atoms with van der Waals surface area (Å²) in [6.07, 6.45) is 3.12. The van der Waals surface area contributed by atoms with E-state index in [1.807, 2.05) is 0 Å². The molecule has 4 heteroatoms. The van der Waals surface area contributed by atoms with E-state index in [-0.39, 0.29) is 0 Å². The molecule has 1 aromatic heterocycles. The standard InChI is InChI=1S/C7H7N2O2/c1-11-7-6(9-5-10)3-2-4-8-7/h2-4H,1H3,(H,9,10). The average molecular weight is 151 g/mol. The number of nitrogens with one attached hydrogen (secondary N) is 1. The van der Waals surface area contributed by atoms with E-state index in [4.69, 9.17) is 4.74 Å². The lowest BCUT2D eigenvalue weighted by Crippen LogP contribution is -1.98. The van der Waals surface area contributed by atoms with Gasteiger partial charge in [0.15, 0.2) is 0 Å². The summed E-state index contributed by atoms with van der Waals surface area (Å²) in [6.45, 7) is 0. The van der Waals surface area contributed by atoms with Gasteiger partial charge in [0, 0.05) is 6.20 Å². The zero-order chi connectivity index (χ0) is 8.10. The zero-order valence-corrected chi connectivity index (χ0v) is 6.00. The molecular formula is C7H7N2O2. The smallest absolute Gasteiger partial charge is 0.314 e. The minimum absolute atomic E-state index is 0.385. The fourth-order valence-corrected chi connectivity index (χ4v) is 0.704. The highest BCUT2D eigenvalue weighted by atomic mass is 16.5. The molecule has 57 valence electrons. The van der Waals surface area contributed by atoms with Crippen LogP contribution in [0.25, 0.3) is 0 Å². The second-order valence-electron chi connectivity index (χ2n) is 1.79. The normalized spacial score (nSPS) is 8.82. The van der Waals surface area contributed by atoms with Crippen LogP contribution in [-0.2, 0) is 4.79 Å². The number of ether oxygens (including phenoxy) is 1. The number of amides is 1. The highest BCUT2D eigenvalue weighted by Crippen LogP contribution is 2.18. The van der Waals surface area contributed by atoms with E-state index in [0.29, 0.717) is 11.6 Å². The maximum Gasteiger partial charge on any atom is 0.314 e. The van der Waals surface area contributed by atoms with Gasteiger partial charge in [-0.25, -0.2) is 4.98 Å². The number of aromatic nitrogens is 1. The van der Waals surface area contributed by atoms with Crippen molar-refractivity contribution in [1.29, 1.82) is 0 Å². The predicted octanol–water partition coefficient (Wildman–Crippen LogP) is 0.569. The van der Waals surface area contributed by atoms with Crippen molar-refractivity contribution in [2.75, 3.05) is 12.4 Å². The van der Waals surface area contributed by atoms with Crippen molar-refractivity contribution in [2.45, 2.75) is 0 Å². The molecule has 0 saturated heterocycles. The first-order chi connectivity index (χ1) is 5.38. The van der Waals surface area contributed by atoms with E-state index in [2.05, 4.69) is 10.3 Å². The molecule has 1 heterocycles. The van der Waals surface area contributed by atoms with Gasteiger partial charge in [-0.05, 0) is 12.1 Å². The third kappa shape index (κ3) is 1.67. The Hall–Kier alpha value is -1.58. The van der Waals surface area contributed by atoms with Crippen molar-refractivity contribution in [3.63, 3.8) is 0 Å². The van der Waals surface area contributed by atoms with Crippen LogP contribution in [0.15, 0.2) is 18.3 Å². The van der Waals surface area contributed by atoms with Crippen molar-refractivity contribution in [1.82, 2.24) is 4.98 Å². The van der Waals surface area contributed by atoms with Crippen molar-refractivity contribution >= 4 is 12.1 Å². The first-order valence-corrected chi connectivity index (χ1v) is 3.00. The quantitative estimate of drug-likeness (QED) is 0.642. The summed E-state index contributed by atoms with van der Waals surface area (Å²) in [5.74, 6) is 0.385. The molecule has 1 rings (SSSR count). The fraction of sp³-hybridized carbons (Fsp3) is 0.143. The molecule has 0 fully saturated rings. The van der Waals surface area contributed by atoms with Crippen LogP contribution in [0, 0.1) is 0 Å². The predicted molar refractivity (Wildman–Crippen MR) is 40.1 cm³/mol. The average Bonchev–Trinajstić information content (AvgIpc) is 2.06. The summed E-state index contributed by atoms with van der Waals surface area (Å²) in [5.41, 5.74) is 0.519. The topological polar surface area (TPSA) is 51.2 Å². The molecule has 1 aromatic rings. The Kier molecular flexibility index (Phi) is 2.43. The number of carbonyl (C=O) groups excluding carboxylic acids is 1. The van der Waals surface area contributed by atoms with E-state index >= 15 is 0 Å². The molecule has 0 spiro atoms. The lowest BCUT2D eigenvalue weighted by molar-refractivity contribution is 0.400. The van der Waals surface area contributed by atoms with Crippen molar-refractivity contribution in [2.24, 2.45) is 0 Å². The number of nitrogens with zero attached hydrogens (tertiary/aromatic N) is 1. The van der Waals surface area contributed by atoms with Gasteiger partial charge in [0.1, 0.15) is 5.69 Å². The number of rotatable bonds is 3. The minimum atomic E-state index is 0.385. The largest absolute Gasteiger partial charge is 0.480 e. The van der Waals surface area contributed by atoms with Gasteiger partial charge in [-0.3, -0.25) is 4.79 Å². The van der Waals surface area contributed by atoms with Gasteiger partial charge in [0.25, 0.3) is 0 Å². The Morgan fingerprint density at radius 3 is 3.18 bits per heavy atom. The molecule has 0 aromatic carbocycles. The Morgan fingerprint density at radius 1 is 1.73 bits per heavy atom.